The first-order chi connectivity index (χ1) is 10.6. The lowest BCUT2D eigenvalue weighted by atomic mass is 10.2. The fourth-order valence-corrected chi connectivity index (χ4v) is 3.75. The van der Waals surface area contributed by atoms with E-state index in [4.69, 9.17) is 0 Å². The number of carbonyl (C=O) groups excluding carboxylic acids is 2. The molecule has 1 aromatic heterocycles. The van der Waals surface area contributed by atoms with E-state index in [-0.39, 0.29) is 17.6 Å². The second kappa shape index (κ2) is 8.16. The van der Waals surface area contributed by atoms with Crippen molar-refractivity contribution in [2.45, 2.75) is 8.68 Å². The van der Waals surface area contributed by atoms with E-state index in [1.807, 2.05) is 6.26 Å². The first kappa shape index (κ1) is 16.8. The van der Waals surface area contributed by atoms with Crippen molar-refractivity contribution >= 4 is 52.4 Å². The van der Waals surface area contributed by atoms with Gasteiger partial charge in [0.2, 0.25) is 5.91 Å². The smallest absolute Gasteiger partial charge is 0.251 e. The summed E-state index contributed by atoms with van der Waals surface area (Å²) >= 11 is 4.35. The van der Waals surface area contributed by atoms with Crippen LogP contribution >= 0.6 is 34.9 Å². The highest BCUT2D eigenvalue weighted by Gasteiger charge is 2.09. The first-order valence-corrected chi connectivity index (χ1v) is 9.27. The number of hydrogen-bond acceptors (Lipinski definition) is 7. The van der Waals surface area contributed by atoms with Crippen LogP contribution in [0.3, 0.4) is 0 Å². The van der Waals surface area contributed by atoms with Gasteiger partial charge < -0.3 is 10.6 Å². The summed E-state index contributed by atoms with van der Waals surface area (Å²) in [5.74, 6) is -0.0203. The molecule has 0 spiro atoms. The van der Waals surface area contributed by atoms with Gasteiger partial charge in [-0.1, -0.05) is 34.9 Å². The lowest BCUT2D eigenvalue weighted by molar-refractivity contribution is -0.113. The standard InChI is InChI=1S/C13H14N4O2S3/c1-14-11(19)8-3-5-9(6-4-8)15-10(18)7-21-13-17-16-12(20-2)22-13/h3-6H,7H2,1-2H3,(H,14,19)(H,15,18). The van der Waals surface area contributed by atoms with Crippen LogP contribution in [-0.2, 0) is 4.79 Å². The van der Waals surface area contributed by atoms with Gasteiger partial charge in [0.05, 0.1) is 5.75 Å². The van der Waals surface area contributed by atoms with Crippen molar-refractivity contribution in [1.82, 2.24) is 15.5 Å². The van der Waals surface area contributed by atoms with Gasteiger partial charge in [0, 0.05) is 18.3 Å². The molecule has 0 aliphatic rings. The molecule has 2 amide bonds. The Morgan fingerprint density at radius 3 is 2.45 bits per heavy atom. The van der Waals surface area contributed by atoms with Crippen LogP contribution in [0.25, 0.3) is 0 Å². The monoisotopic (exact) mass is 354 g/mol. The number of carbonyl (C=O) groups is 2. The molecule has 0 bridgehead atoms. The van der Waals surface area contributed by atoms with Gasteiger partial charge in [-0.15, -0.1) is 10.2 Å². The molecule has 1 aromatic carbocycles. The molecule has 0 aliphatic carbocycles. The minimum Gasteiger partial charge on any atom is -0.355 e. The van der Waals surface area contributed by atoms with Gasteiger partial charge in [-0.3, -0.25) is 9.59 Å². The fourth-order valence-electron chi connectivity index (χ4n) is 1.51. The lowest BCUT2D eigenvalue weighted by Crippen LogP contribution is -2.18. The Balaban J connectivity index is 1.85. The van der Waals surface area contributed by atoms with Crippen molar-refractivity contribution in [1.29, 1.82) is 0 Å². The third-order valence-corrected chi connectivity index (χ3v) is 5.58. The minimum absolute atomic E-state index is 0.126. The van der Waals surface area contributed by atoms with Crippen molar-refractivity contribution in [3.63, 3.8) is 0 Å². The summed E-state index contributed by atoms with van der Waals surface area (Å²) in [7, 11) is 1.57. The summed E-state index contributed by atoms with van der Waals surface area (Å²) in [5.41, 5.74) is 1.20. The number of benzene rings is 1. The Kier molecular flexibility index (Phi) is 6.22. The van der Waals surface area contributed by atoms with Crippen LogP contribution in [0.2, 0.25) is 0 Å². The molecule has 2 rings (SSSR count). The van der Waals surface area contributed by atoms with Gasteiger partial charge in [-0.25, -0.2) is 0 Å². The highest BCUT2D eigenvalue weighted by atomic mass is 32.2. The van der Waals surface area contributed by atoms with Crippen LogP contribution in [-0.4, -0.2) is 41.1 Å². The second-order valence-electron chi connectivity index (χ2n) is 4.03. The Hall–Kier alpha value is -1.58. The third-order valence-electron chi connectivity index (χ3n) is 2.55. The van der Waals surface area contributed by atoms with Gasteiger partial charge in [-0.05, 0) is 30.5 Å². The van der Waals surface area contributed by atoms with E-state index in [1.54, 1.807) is 31.3 Å². The van der Waals surface area contributed by atoms with Gasteiger partial charge >= 0.3 is 0 Å². The van der Waals surface area contributed by atoms with E-state index in [9.17, 15) is 9.59 Å². The van der Waals surface area contributed by atoms with Crippen molar-refractivity contribution in [3.8, 4) is 0 Å². The van der Waals surface area contributed by atoms with Gasteiger partial charge in [-0.2, -0.15) is 0 Å². The summed E-state index contributed by atoms with van der Waals surface area (Å²) in [4.78, 5) is 23.3. The average Bonchev–Trinajstić information content (AvgIpc) is 3.01. The number of nitrogens with zero attached hydrogens (tertiary/aromatic N) is 2. The zero-order valence-corrected chi connectivity index (χ0v) is 14.4. The van der Waals surface area contributed by atoms with Crippen LogP contribution in [0.1, 0.15) is 10.4 Å². The average molecular weight is 354 g/mol. The number of rotatable bonds is 6. The molecule has 22 heavy (non-hydrogen) atoms. The first-order valence-electron chi connectivity index (χ1n) is 6.24. The maximum absolute atomic E-state index is 11.9. The number of amides is 2. The molecule has 0 radical (unpaired) electrons. The van der Waals surface area contributed by atoms with Gasteiger partial charge in [0.1, 0.15) is 0 Å². The summed E-state index contributed by atoms with van der Waals surface area (Å²) in [6.07, 6.45) is 1.93. The molecule has 0 saturated carbocycles. The molecule has 2 aromatic rings. The Morgan fingerprint density at radius 2 is 1.86 bits per heavy atom. The predicted octanol–water partition coefficient (Wildman–Crippen LogP) is 2.35. The van der Waals surface area contributed by atoms with Gasteiger partial charge in [0.15, 0.2) is 8.68 Å². The SMILES string of the molecule is CNC(=O)c1ccc(NC(=O)CSc2nnc(SC)s2)cc1. The van der Waals surface area contributed by atoms with Gasteiger partial charge in [0.25, 0.3) is 5.91 Å². The van der Waals surface area contributed by atoms with Crippen molar-refractivity contribution in [2.24, 2.45) is 0 Å². The molecule has 0 fully saturated rings. The summed E-state index contributed by atoms with van der Waals surface area (Å²) in [6.45, 7) is 0. The Morgan fingerprint density at radius 1 is 1.18 bits per heavy atom. The molecular formula is C13H14N4O2S3. The zero-order chi connectivity index (χ0) is 15.9. The summed E-state index contributed by atoms with van der Waals surface area (Å²) < 4.78 is 1.65. The van der Waals surface area contributed by atoms with Crippen molar-refractivity contribution in [3.05, 3.63) is 29.8 Å². The summed E-state index contributed by atoms with van der Waals surface area (Å²) in [5, 5.41) is 13.3. The normalized spacial score (nSPS) is 10.3. The van der Waals surface area contributed by atoms with Crippen LogP contribution in [0, 0.1) is 0 Å². The van der Waals surface area contributed by atoms with E-state index >= 15 is 0 Å². The van der Waals surface area contributed by atoms with Crippen LogP contribution in [0.15, 0.2) is 32.9 Å². The fraction of sp³-hybridized carbons (Fsp3) is 0.231. The van der Waals surface area contributed by atoms with Crippen LogP contribution in [0.4, 0.5) is 5.69 Å². The maximum atomic E-state index is 11.9. The maximum Gasteiger partial charge on any atom is 0.251 e. The molecular weight excluding hydrogens is 340 g/mol. The van der Waals surface area contributed by atoms with Crippen molar-refractivity contribution < 1.29 is 9.59 Å². The molecule has 9 heteroatoms. The number of nitrogens with one attached hydrogen (secondary N) is 2. The van der Waals surface area contributed by atoms with Crippen LogP contribution < -0.4 is 10.6 Å². The topological polar surface area (TPSA) is 84.0 Å². The highest BCUT2D eigenvalue weighted by molar-refractivity contribution is 8.03. The van der Waals surface area contributed by atoms with E-state index in [2.05, 4.69) is 20.8 Å². The zero-order valence-electron chi connectivity index (χ0n) is 12.0. The quantitative estimate of drug-likeness (QED) is 0.775. The summed E-state index contributed by atoms with van der Waals surface area (Å²) in [6, 6.07) is 6.72. The number of hydrogen-bond donors (Lipinski definition) is 2. The number of aromatic nitrogens is 2. The molecule has 2 N–H and O–H groups in total. The number of thioether (sulfide) groups is 2. The molecule has 6 nitrogen and oxygen atoms in total. The number of anilines is 1. The largest absolute Gasteiger partial charge is 0.355 e. The molecule has 0 atom stereocenters. The van der Waals surface area contributed by atoms with Crippen molar-refractivity contribution in [2.75, 3.05) is 24.4 Å². The Labute approximate surface area is 140 Å². The van der Waals surface area contributed by atoms with E-state index in [0.29, 0.717) is 11.3 Å². The van der Waals surface area contributed by atoms with E-state index < -0.39 is 0 Å². The van der Waals surface area contributed by atoms with E-state index in [1.165, 1.54) is 34.9 Å². The molecule has 116 valence electrons. The Bertz CT molecular complexity index is 658. The molecule has 0 aliphatic heterocycles. The lowest BCUT2D eigenvalue weighted by Gasteiger charge is -2.05. The molecule has 1 heterocycles. The predicted molar refractivity (Wildman–Crippen MR) is 90.9 cm³/mol. The minimum atomic E-state index is -0.158. The van der Waals surface area contributed by atoms with Crippen LogP contribution in [0.5, 0.6) is 0 Å². The van der Waals surface area contributed by atoms with E-state index in [0.717, 1.165) is 8.68 Å². The molecule has 0 unspecified atom stereocenters. The molecule has 0 saturated heterocycles. The second-order valence-corrected chi connectivity index (χ2v) is 7.28. The highest BCUT2D eigenvalue weighted by Crippen LogP contribution is 2.27. The third kappa shape index (κ3) is 4.72.